The molecule has 1 N–H and O–H groups in total. The van der Waals surface area contributed by atoms with Crippen molar-refractivity contribution in [3.05, 3.63) is 68.9 Å². The molecule has 1 heterocycles. The minimum atomic E-state index is -0.470. The summed E-state index contributed by atoms with van der Waals surface area (Å²) in [7, 11) is 3.08. The molecule has 1 amide bonds. The van der Waals surface area contributed by atoms with Gasteiger partial charge in [0.25, 0.3) is 5.56 Å². The first-order chi connectivity index (χ1) is 13.9. The molecule has 0 unspecified atom stereocenters. The number of rotatable bonds is 6. The Morgan fingerprint density at radius 1 is 1.07 bits per heavy atom. The molecule has 0 saturated carbocycles. The van der Waals surface area contributed by atoms with Gasteiger partial charge in [-0.1, -0.05) is 23.2 Å². The number of nitrogens with one attached hydrogen (secondary N) is 1. The quantitative estimate of drug-likeness (QED) is 0.637. The van der Waals surface area contributed by atoms with Crippen LogP contribution in [0.2, 0.25) is 10.0 Å². The predicted octanol–water partition coefficient (Wildman–Crippen LogP) is 3.87. The van der Waals surface area contributed by atoms with Gasteiger partial charge in [-0.15, -0.1) is 0 Å². The van der Waals surface area contributed by atoms with Crippen molar-refractivity contribution in [3.8, 4) is 22.8 Å². The second-order valence-electron chi connectivity index (χ2n) is 5.95. The van der Waals surface area contributed by atoms with Crippen LogP contribution in [0.25, 0.3) is 11.3 Å². The number of ether oxygens (including phenoxy) is 2. The average molecular weight is 434 g/mol. The Balaban J connectivity index is 1.87. The Morgan fingerprint density at radius 3 is 2.59 bits per heavy atom. The third kappa shape index (κ3) is 4.88. The van der Waals surface area contributed by atoms with Gasteiger partial charge < -0.3 is 14.8 Å². The molecular weight excluding hydrogens is 417 g/mol. The van der Waals surface area contributed by atoms with Gasteiger partial charge in [0.15, 0.2) is 0 Å². The second kappa shape index (κ2) is 8.98. The summed E-state index contributed by atoms with van der Waals surface area (Å²) in [4.78, 5) is 24.6. The van der Waals surface area contributed by atoms with E-state index in [1.54, 1.807) is 43.5 Å². The number of hydrogen-bond acceptors (Lipinski definition) is 5. The SMILES string of the molecule is COc1ccc(-c2ccc(=O)n(CC(=O)Nc3cc(Cl)ccc3Cl)n2)c(OC)c1. The second-order valence-corrected chi connectivity index (χ2v) is 6.80. The number of carbonyl (C=O) groups excluding carboxylic acids is 1. The standard InChI is InChI=1S/C20H17Cl2N3O4/c1-28-13-4-5-14(18(10-13)29-2)16-7-8-20(27)25(24-16)11-19(26)23-17-9-12(21)3-6-15(17)22/h3-10H,11H2,1-2H3,(H,23,26). The monoisotopic (exact) mass is 433 g/mol. The van der Waals surface area contributed by atoms with Gasteiger partial charge >= 0.3 is 0 Å². The van der Waals surface area contributed by atoms with Gasteiger partial charge in [-0.05, 0) is 36.4 Å². The lowest BCUT2D eigenvalue weighted by atomic mass is 10.1. The molecule has 7 nitrogen and oxygen atoms in total. The van der Waals surface area contributed by atoms with E-state index in [4.69, 9.17) is 32.7 Å². The molecule has 0 aliphatic heterocycles. The zero-order valence-electron chi connectivity index (χ0n) is 15.6. The number of halogens is 2. The third-order valence-electron chi connectivity index (χ3n) is 4.05. The highest BCUT2D eigenvalue weighted by atomic mass is 35.5. The van der Waals surface area contributed by atoms with E-state index in [0.29, 0.717) is 38.5 Å². The number of methoxy groups -OCH3 is 2. The number of nitrogens with zero attached hydrogens (tertiary/aromatic N) is 2. The first-order valence-electron chi connectivity index (χ1n) is 8.46. The molecular formula is C20H17Cl2N3O4. The van der Waals surface area contributed by atoms with Crippen LogP contribution in [-0.4, -0.2) is 29.9 Å². The maximum Gasteiger partial charge on any atom is 0.267 e. The minimum absolute atomic E-state index is 0.298. The van der Waals surface area contributed by atoms with Crippen molar-refractivity contribution in [2.24, 2.45) is 0 Å². The smallest absolute Gasteiger partial charge is 0.267 e. The Bertz CT molecular complexity index is 1120. The Hall–Kier alpha value is -3.03. The van der Waals surface area contributed by atoms with Gasteiger partial charge in [-0.2, -0.15) is 5.10 Å². The number of carbonyl (C=O) groups is 1. The van der Waals surface area contributed by atoms with Gasteiger partial charge in [0.1, 0.15) is 18.0 Å². The molecule has 0 aliphatic carbocycles. The normalized spacial score (nSPS) is 10.5. The van der Waals surface area contributed by atoms with Crippen LogP contribution in [0, 0.1) is 0 Å². The summed E-state index contributed by atoms with van der Waals surface area (Å²) >= 11 is 12.0. The highest BCUT2D eigenvalue weighted by Gasteiger charge is 2.13. The molecule has 150 valence electrons. The van der Waals surface area contributed by atoms with Crippen LogP contribution < -0.4 is 20.3 Å². The predicted molar refractivity (Wildman–Crippen MR) is 112 cm³/mol. The number of benzene rings is 2. The average Bonchev–Trinajstić information content (AvgIpc) is 2.72. The summed E-state index contributed by atoms with van der Waals surface area (Å²) in [6.07, 6.45) is 0. The molecule has 29 heavy (non-hydrogen) atoms. The lowest BCUT2D eigenvalue weighted by molar-refractivity contribution is -0.117. The maximum atomic E-state index is 12.4. The third-order valence-corrected chi connectivity index (χ3v) is 4.61. The van der Waals surface area contributed by atoms with E-state index in [2.05, 4.69) is 10.4 Å². The number of hydrogen-bond donors (Lipinski definition) is 1. The lowest BCUT2D eigenvalue weighted by Crippen LogP contribution is -2.29. The van der Waals surface area contributed by atoms with Gasteiger partial charge in [-0.25, -0.2) is 4.68 Å². The summed E-state index contributed by atoms with van der Waals surface area (Å²) in [6, 6.07) is 12.8. The number of amides is 1. The molecule has 3 rings (SSSR count). The molecule has 0 atom stereocenters. The summed E-state index contributed by atoms with van der Waals surface area (Å²) < 4.78 is 11.6. The molecule has 3 aromatic rings. The Morgan fingerprint density at radius 2 is 1.86 bits per heavy atom. The minimum Gasteiger partial charge on any atom is -0.497 e. The number of aromatic nitrogens is 2. The van der Waals surface area contributed by atoms with E-state index in [1.807, 2.05) is 0 Å². The molecule has 0 radical (unpaired) electrons. The molecule has 0 spiro atoms. The van der Waals surface area contributed by atoms with Crippen molar-refractivity contribution in [3.63, 3.8) is 0 Å². The van der Waals surface area contributed by atoms with Crippen LogP contribution in [-0.2, 0) is 11.3 Å². The first kappa shape index (κ1) is 20.7. The van der Waals surface area contributed by atoms with E-state index < -0.39 is 11.5 Å². The van der Waals surface area contributed by atoms with Crippen molar-refractivity contribution >= 4 is 34.8 Å². The van der Waals surface area contributed by atoms with Gasteiger partial charge in [0.05, 0.1) is 30.6 Å². The molecule has 1 aromatic heterocycles. The van der Waals surface area contributed by atoms with Crippen LogP contribution in [0.3, 0.4) is 0 Å². The van der Waals surface area contributed by atoms with Gasteiger partial charge in [-0.3, -0.25) is 9.59 Å². The van der Waals surface area contributed by atoms with Crippen molar-refractivity contribution in [2.75, 3.05) is 19.5 Å². The van der Waals surface area contributed by atoms with Crippen LogP contribution in [0.1, 0.15) is 0 Å². The molecule has 0 fully saturated rings. The largest absolute Gasteiger partial charge is 0.497 e. The van der Waals surface area contributed by atoms with Crippen LogP contribution >= 0.6 is 23.2 Å². The lowest BCUT2D eigenvalue weighted by Gasteiger charge is -2.12. The zero-order chi connectivity index (χ0) is 21.0. The van der Waals surface area contributed by atoms with E-state index in [-0.39, 0.29) is 6.54 Å². The fraction of sp³-hybridized carbons (Fsp3) is 0.150. The molecule has 9 heteroatoms. The summed E-state index contributed by atoms with van der Waals surface area (Å²) in [6.45, 7) is -0.298. The van der Waals surface area contributed by atoms with Crippen LogP contribution in [0.15, 0.2) is 53.3 Å². The van der Waals surface area contributed by atoms with Crippen LogP contribution in [0.4, 0.5) is 5.69 Å². The van der Waals surface area contributed by atoms with Crippen molar-refractivity contribution in [2.45, 2.75) is 6.54 Å². The summed E-state index contributed by atoms with van der Waals surface area (Å²) in [5.74, 6) is 0.677. The first-order valence-corrected chi connectivity index (χ1v) is 9.22. The maximum absolute atomic E-state index is 12.4. The Labute approximate surface area is 176 Å². The molecule has 0 bridgehead atoms. The van der Waals surface area contributed by atoms with E-state index in [1.165, 1.54) is 19.2 Å². The summed E-state index contributed by atoms with van der Waals surface area (Å²) in [5.41, 5.74) is 1.05. The van der Waals surface area contributed by atoms with Gasteiger partial charge in [0, 0.05) is 22.7 Å². The van der Waals surface area contributed by atoms with E-state index >= 15 is 0 Å². The molecule has 0 saturated heterocycles. The number of anilines is 1. The Kier molecular flexibility index (Phi) is 6.41. The molecule has 2 aromatic carbocycles. The highest BCUT2D eigenvalue weighted by Crippen LogP contribution is 2.31. The van der Waals surface area contributed by atoms with Crippen molar-refractivity contribution in [1.82, 2.24) is 9.78 Å². The topological polar surface area (TPSA) is 82.5 Å². The highest BCUT2D eigenvalue weighted by molar-refractivity contribution is 6.35. The van der Waals surface area contributed by atoms with E-state index in [9.17, 15) is 9.59 Å². The van der Waals surface area contributed by atoms with Gasteiger partial charge in [0.2, 0.25) is 5.91 Å². The van der Waals surface area contributed by atoms with Crippen molar-refractivity contribution < 1.29 is 14.3 Å². The van der Waals surface area contributed by atoms with Crippen LogP contribution in [0.5, 0.6) is 11.5 Å². The van der Waals surface area contributed by atoms with E-state index in [0.717, 1.165) is 4.68 Å². The fourth-order valence-electron chi connectivity index (χ4n) is 2.64. The molecule has 0 aliphatic rings. The zero-order valence-corrected chi connectivity index (χ0v) is 17.1. The summed E-state index contributed by atoms with van der Waals surface area (Å²) in [5, 5.41) is 7.68. The van der Waals surface area contributed by atoms with Crippen molar-refractivity contribution in [1.29, 1.82) is 0 Å². The fourth-order valence-corrected chi connectivity index (χ4v) is 2.97.